The SMILES string of the molecule is O=C(CCCCCCCCC(=O)Nc1cccc(OCc2ccccc2)c1)Nc1cccc(OCc2ccccc2)c1. The number of unbranched alkanes of at least 4 members (excludes halogenated alkanes) is 5. The molecule has 0 radical (unpaired) electrons. The first-order valence-corrected chi connectivity index (χ1v) is 14.8. The highest BCUT2D eigenvalue weighted by atomic mass is 16.5. The molecule has 218 valence electrons. The maximum absolute atomic E-state index is 12.4. The van der Waals surface area contributed by atoms with E-state index in [4.69, 9.17) is 9.47 Å². The van der Waals surface area contributed by atoms with E-state index in [1.54, 1.807) is 0 Å². The van der Waals surface area contributed by atoms with E-state index < -0.39 is 0 Å². The zero-order valence-corrected chi connectivity index (χ0v) is 24.1. The number of rotatable bonds is 17. The lowest BCUT2D eigenvalue weighted by atomic mass is 10.1. The zero-order valence-electron chi connectivity index (χ0n) is 24.1. The summed E-state index contributed by atoms with van der Waals surface area (Å²) in [4.78, 5) is 24.8. The number of ether oxygens (including phenoxy) is 2. The summed E-state index contributed by atoms with van der Waals surface area (Å²) in [5.74, 6) is 1.49. The molecule has 0 bridgehead atoms. The summed E-state index contributed by atoms with van der Waals surface area (Å²) in [5.41, 5.74) is 3.69. The van der Waals surface area contributed by atoms with E-state index in [1.165, 1.54) is 0 Å². The number of amides is 2. The highest BCUT2D eigenvalue weighted by Crippen LogP contribution is 2.21. The number of anilines is 2. The van der Waals surface area contributed by atoms with Crippen molar-refractivity contribution >= 4 is 23.2 Å². The molecule has 6 nitrogen and oxygen atoms in total. The molecule has 0 unspecified atom stereocenters. The number of carbonyl (C=O) groups excluding carboxylic acids is 2. The average Bonchev–Trinajstić information content (AvgIpc) is 3.02. The second-order valence-electron chi connectivity index (χ2n) is 10.3. The van der Waals surface area contributed by atoms with E-state index in [9.17, 15) is 9.59 Å². The average molecular weight is 565 g/mol. The van der Waals surface area contributed by atoms with Crippen molar-refractivity contribution in [1.82, 2.24) is 0 Å². The smallest absolute Gasteiger partial charge is 0.224 e. The fourth-order valence-corrected chi connectivity index (χ4v) is 4.53. The molecule has 0 aromatic heterocycles. The summed E-state index contributed by atoms with van der Waals surface area (Å²) in [6.07, 6.45) is 6.78. The number of hydrogen-bond donors (Lipinski definition) is 2. The normalized spacial score (nSPS) is 10.6. The number of hydrogen-bond acceptors (Lipinski definition) is 4. The Morgan fingerprint density at radius 2 is 0.881 bits per heavy atom. The molecule has 4 rings (SSSR count). The Kier molecular flexibility index (Phi) is 12.5. The monoisotopic (exact) mass is 564 g/mol. The molecule has 0 aliphatic rings. The Morgan fingerprint density at radius 3 is 1.31 bits per heavy atom. The molecule has 2 N–H and O–H groups in total. The Morgan fingerprint density at radius 1 is 0.476 bits per heavy atom. The van der Waals surface area contributed by atoms with Gasteiger partial charge in [-0.3, -0.25) is 9.59 Å². The van der Waals surface area contributed by atoms with Crippen molar-refractivity contribution in [2.45, 2.75) is 64.6 Å². The van der Waals surface area contributed by atoms with Crippen LogP contribution in [0.25, 0.3) is 0 Å². The molecular weight excluding hydrogens is 524 g/mol. The molecular formula is C36H40N2O4. The van der Waals surface area contributed by atoms with Crippen molar-refractivity contribution in [3.8, 4) is 11.5 Å². The first-order valence-electron chi connectivity index (χ1n) is 14.8. The number of carbonyl (C=O) groups is 2. The minimum Gasteiger partial charge on any atom is -0.489 e. The van der Waals surface area contributed by atoms with Gasteiger partial charge < -0.3 is 20.1 Å². The van der Waals surface area contributed by atoms with Crippen molar-refractivity contribution in [3.63, 3.8) is 0 Å². The van der Waals surface area contributed by atoms with Crippen molar-refractivity contribution in [3.05, 3.63) is 120 Å². The fourth-order valence-electron chi connectivity index (χ4n) is 4.53. The quantitative estimate of drug-likeness (QED) is 0.126. The zero-order chi connectivity index (χ0) is 29.2. The molecule has 42 heavy (non-hydrogen) atoms. The van der Waals surface area contributed by atoms with E-state index >= 15 is 0 Å². The van der Waals surface area contributed by atoms with Gasteiger partial charge in [-0.2, -0.15) is 0 Å². The summed E-state index contributed by atoms with van der Waals surface area (Å²) in [6.45, 7) is 0.976. The third-order valence-corrected chi connectivity index (χ3v) is 6.79. The van der Waals surface area contributed by atoms with Crippen LogP contribution in [0.1, 0.15) is 62.5 Å². The maximum atomic E-state index is 12.4. The highest BCUT2D eigenvalue weighted by Gasteiger charge is 2.06. The van der Waals surface area contributed by atoms with Gasteiger partial charge in [-0.1, -0.05) is 98.5 Å². The fraction of sp³-hybridized carbons (Fsp3) is 0.278. The Bertz CT molecular complexity index is 1270. The van der Waals surface area contributed by atoms with Gasteiger partial charge in [0.25, 0.3) is 0 Å². The van der Waals surface area contributed by atoms with Gasteiger partial charge >= 0.3 is 0 Å². The van der Waals surface area contributed by atoms with Crippen LogP contribution in [0, 0.1) is 0 Å². The van der Waals surface area contributed by atoms with Crippen LogP contribution in [-0.4, -0.2) is 11.8 Å². The molecule has 0 saturated heterocycles. The Balaban J connectivity index is 1.03. The van der Waals surface area contributed by atoms with Crippen LogP contribution in [0.2, 0.25) is 0 Å². The maximum Gasteiger partial charge on any atom is 0.224 e. The second-order valence-corrected chi connectivity index (χ2v) is 10.3. The van der Waals surface area contributed by atoms with E-state index in [2.05, 4.69) is 10.6 Å². The molecule has 0 aliphatic heterocycles. The summed E-state index contributed by atoms with van der Waals surface area (Å²) in [5, 5.41) is 5.94. The van der Waals surface area contributed by atoms with Crippen molar-refractivity contribution < 1.29 is 19.1 Å². The van der Waals surface area contributed by atoms with Gasteiger partial charge in [0.2, 0.25) is 11.8 Å². The van der Waals surface area contributed by atoms with Gasteiger partial charge in [0.05, 0.1) is 0 Å². The first-order chi connectivity index (χ1) is 20.6. The molecule has 6 heteroatoms. The van der Waals surface area contributed by atoms with Gasteiger partial charge in [-0.15, -0.1) is 0 Å². The molecule has 2 amide bonds. The minimum absolute atomic E-state index is 0.0152. The molecule has 0 heterocycles. The number of benzene rings is 4. The van der Waals surface area contributed by atoms with E-state index in [1.807, 2.05) is 109 Å². The molecule has 0 atom stereocenters. The van der Waals surface area contributed by atoms with Crippen LogP contribution in [-0.2, 0) is 22.8 Å². The molecule has 0 fully saturated rings. The summed E-state index contributed by atoms with van der Waals surface area (Å²) in [7, 11) is 0. The van der Waals surface area contributed by atoms with Gasteiger partial charge in [-0.25, -0.2) is 0 Å². The largest absolute Gasteiger partial charge is 0.489 e. The standard InChI is InChI=1S/C36H40N2O4/c39-35(37-31-19-13-21-33(25-31)41-27-29-15-7-5-8-16-29)23-11-3-1-2-4-12-24-36(40)38-32-20-14-22-34(26-32)42-28-30-17-9-6-10-18-30/h5-10,13-22,25-26H,1-4,11-12,23-24,27-28H2,(H,37,39)(H,38,40). The van der Waals surface area contributed by atoms with Gasteiger partial charge in [-0.05, 0) is 48.2 Å². The van der Waals surface area contributed by atoms with E-state index in [0.29, 0.717) is 26.1 Å². The summed E-state index contributed by atoms with van der Waals surface area (Å²) < 4.78 is 11.7. The highest BCUT2D eigenvalue weighted by molar-refractivity contribution is 5.91. The molecule has 4 aromatic carbocycles. The predicted octanol–water partition coefficient (Wildman–Crippen LogP) is 8.54. The van der Waals surface area contributed by atoms with Gasteiger partial charge in [0.15, 0.2) is 0 Å². The van der Waals surface area contributed by atoms with E-state index in [-0.39, 0.29) is 11.8 Å². The first kappa shape index (κ1) is 30.4. The van der Waals surface area contributed by atoms with Crippen LogP contribution < -0.4 is 20.1 Å². The lowest BCUT2D eigenvalue weighted by molar-refractivity contribution is -0.117. The third kappa shape index (κ3) is 11.5. The predicted molar refractivity (Wildman–Crippen MR) is 169 cm³/mol. The second kappa shape index (κ2) is 17.3. The number of nitrogens with one attached hydrogen (secondary N) is 2. The van der Waals surface area contributed by atoms with Gasteiger partial charge in [0.1, 0.15) is 24.7 Å². The lowest BCUT2D eigenvalue weighted by Crippen LogP contribution is -2.11. The Hall–Kier alpha value is -4.58. The third-order valence-electron chi connectivity index (χ3n) is 6.79. The molecule has 4 aromatic rings. The van der Waals surface area contributed by atoms with E-state index in [0.717, 1.165) is 72.5 Å². The van der Waals surface area contributed by atoms with Crippen LogP contribution in [0.15, 0.2) is 109 Å². The van der Waals surface area contributed by atoms with Crippen LogP contribution in [0.3, 0.4) is 0 Å². The van der Waals surface area contributed by atoms with Crippen molar-refractivity contribution in [2.75, 3.05) is 10.6 Å². The van der Waals surface area contributed by atoms with Crippen LogP contribution in [0.5, 0.6) is 11.5 Å². The van der Waals surface area contributed by atoms with Gasteiger partial charge in [0, 0.05) is 36.3 Å². The van der Waals surface area contributed by atoms with Crippen LogP contribution in [0.4, 0.5) is 11.4 Å². The lowest BCUT2D eigenvalue weighted by Gasteiger charge is -2.10. The molecule has 0 saturated carbocycles. The Labute approximate surface area is 249 Å². The van der Waals surface area contributed by atoms with Crippen molar-refractivity contribution in [2.24, 2.45) is 0 Å². The van der Waals surface area contributed by atoms with Crippen molar-refractivity contribution in [1.29, 1.82) is 0 Å². The molecule has 0 spiro atoms. The van der Waals surface area contributed by atoms with Crippen LogP contribution >= 0.6 is 0 Å². The summed E-state index contributed by atoms with van der Waals surface area (Å²) >= 11 is 0. The minimum atomic E-state index is 0.0152. The molecule has 0 aliphatic carbocycles. The summed E-state index contributed by atoms with van der Waals surface area (Å²) in [6, 6.07) is 35.0. The topological polar surface area (TPSA) is 76.7 Å².